The molecule has 0 radical (unpaired) electrons. The number of rotatable bonds is 2. The third kappa shape index (κ3) is 1.67. The molecular weight excluding hydrogens is 254 g/mol. The van der Waals surface area contributed by atoms with Crippen LogP contribution in [0, 0.1) is 0 Å². The van der Waals surface area contributed by atoms with Gasteiger partial charge in [-0.15, -0.1) is 0 Å². The molecule has 1 unspecified atom stereocenters. The van der Waals surface area contributed by atoms with Gasteiger partial charge in [-0.25, -0.2) is 9.97 Å². The van der Waals surface area contributed by atoms with E-state index in [1.54, 1.807) is 6.33 Å². The fourth-order valence-electron chi connectivity index (χ4n) is 2.80. The molecule has 3 aromatic heterocycles. The second-order valence-corrected chi connectivity index (χ2v) is 4.97. The smallest absolute Gasteiger partial charge is 0.142 e. The normalized spacial score (nSPS) is 18.1. The predicted molar refractivity (Wildman–Crippen MR) is 75.2 cm³/mol. The third-order valence-corrected chi connectivity index (χ3v) is 3.72. The molecule has 3 aromatic rings. The maximum Gasteiger partial charge on any atom is 0.142 e. The molecule has 4 rings (SSSR count). The molecule has 7 heteroatoms. The average molecular weight is 269 g/mol. The Labute approximate surface area is 115 Å². The lowest BCUT2D eigenvalue weighted by Crippen LogP contribution is -2.33. The lowest BCUT2D eigenvalue weighted by atomic mass is 10.1. The highest BCUT2D eigenvalue weighted by atomic mass is 15.3. The topological polar surface area (TPSA) is 83.5 Å². The summed E-state index contributed by atoms with van der Waals surface area (Å²) in [4.78, 5) is 11.7. The van der Waals surface area contributed by atoms with E-state index in [-0.39, 0.29) is 6.04 Å². The molecule has 0 spiro atoms. The van der Waals surface area contributed by atoms with Crippen molar-refractivity contribution in [3.63, 3.8) is 0 Å². The number of nitrogens with one attached hydrogen (secondary N) is 3. The van der Waals surface area contributed by atoms with Crippen molar-refractivity contribution >= 4 is 16.9 Å². The van der Waals surface area contributed by atoms with Crippen LogP contribution < -0.4 is 10.6 Å². The number of nitrogens with zero attached hydrogens (tertiary/aromatic N) is 4. The maximum absolute atomic E-state index is 4.36. The van der Waals surface area contributed by atoms with Gasteiger partial charge in [0.2, 0.25) is 0 Å². The zero-order chi connectivity index (χ0) is 13.5. The molecule has 0 saturated heterocycles. The van der Waals surface area contributed by atoms with Gasteiger partial charge >= 0.3 is 0 Å². The molecule has 0 aromatic carbocycles. The molecule has 102 valence electrons. The summed E-state index contributed by atoms with van der Waals surface area (Å²) in [6, 6.07) is 2.14. The Morgan fingerprint density at radius 1 is 1.40 bits per heavy atom. The minimum atomic E-state index is 0.152. The van der Waals surface area contributed by atoms with Crippen LogP contribution in [0.25, 0.3) is 11.0 Å². The Hall–Kier alpha value is -2.41. The zero-order valence-corrected chi connectivity index (χ0v) is 11.1. The van der Waals surface area contributed by atoms with Crippen LogP contribution >= 0.6 is 0 Å². The van der Waals surface area contributed by atoms with E-state index >= 15 is 0 Å². The summed E-state index contributed by atoms with van der Waals surface area (Å²) in [6.45, 7) is 1.72. The van der Waals surface area contributed by atoms with E-state index in [1.807, 2.05) is 30.2 Å². The van der Waals surface area contributed by atoms with E-state index < -0.39 is 0 Å². The first kappa shape index (κ1) is 11.4. The number of aromatic amines is 1. The van der Waals surface area contributed by atoms with Crippen LogP contribution in [-0.4, -0.2) is 31.3 Å². The highest BCUT2D eigenvalue weighted by Crippen LogP contribution is 2.27. The van der Waals surface area contributed by atoms with Gasteiger partial charge in [-0.2, -0.15) is 5.10 Å². The first-order valence-electron chi connectivity index (χ1n) is 6.59. The third-order valence-electron chi connectivity index (χ3n) is 3.72. The SMILES string of the molecule is Cn1ncc2c1C(Nc1ncnc3[nH]ccc13)CNC2. The van der Waals surface area contributed by atoms with Gasteiger partial charge in [0.05, 0.1) is 23.3 Å². The summed E-state index contributed by atoms with van der Waals surface area (Å²) in [5.74, 6) is 0.845. The van der Waals surface area contributed by atoms with Crippen molar-refractivity contribution in [1.29, 1.82) is 0 Å². The Kier molecular flexibility index (Phi) is 2.46. The number of aromatic nitrogens is 5. The summed E-state index contributed by atoms with van der Waals surface area (Å²) >= 11 is 0. The number of hydrogen-bond donors (Lipinski definition) is 3. The van der Waals surface area contributed by atoms with Gasteiger partial charge in [0.1, 0.15) is 17.8 Å². The first-order chi connectivity index (χ1) is 9.83. The van der Waals surface area contributed by atoms with Crippen LogP contribution in [0.2, 0.25) is 0 Å². The minimum Gasteiger partial charge on any atom is -0.360 e. The van der Waals surface area contributed by atoms with Crippen LogP contribution in [0.15, 0.2) is 24.8 Å². The fraction of sp³-hybridized carbons (Fsp3) is 0.308. The van der Waals surface area contributed by atoms with E-state index in [0.29, 0.717) is 0 Å². The number of hydrogen-bond acceptors (Lipinski definition) is 5. The molecule has 0 amide bonds. The lowest BCUT2D eigenvalue weighted by Gasteiger charge is -2.25. The average Bonchev–Trinajstić information content (AvgIpc) is 3.07. The van der Waals surface area contributed by atoms with Crippen molar-refractivity contribution in [2.75, 3.05) is 11.9 Å². The predicted octanol–water partition coefficient (Wildman–Crippen LogP) is 0.948. The van der Waals surface area contributed by atoms with Gasteiger partial charge < -0.3 is 15.6 Å². The fourth-order valence-corrected chi connectivity index (χ4v) is 2.80. The number of fused-ring (bicyclic) bond motifs is 2. The van der Waals surface area contributed by atoms with Crippen LogP contribution in [-0.2, 0) is 13.6 Å². The second-order valence-electron chi connectivity index (χ2n) is 4.97. The van der Waals surface area contributed by atoms with Gasteiger partial charge in [-0.05, 0) is 6.07 Å². The van der Waals surface area contributed by atoms with Crippen LogP contribution in [0.3, 0.4) is 0 Å². The molecule has 0 fully saturated rings. The zero-order valence-electron chi connectivity index (χ0n) is 11.1. The summed E-state index contributed by atoms with van der Waals surface area (Å²) in [5.41, 5.74) is 3.29. The van der Waals surface area contributed by atoms with Crippen molar-refractivity contribution in [3.05, 3.63) is 36.0 Å². The highest BCUT2D eigenvalue weighted by Gasteiger charge is 2.24. The molecule has 4 heterocycles. The van der Waals surface area contributed by atoms with Crippen molar-refractivity contribution in [3.8, 4) is 0 Å². The maximum atomic E-state index is 4.36. The standard InChI is InChI=1S/C13H15N7/c1-20-11-8(5-18-20)4-14-6-10(11)19-13-9-2-3-15-12(9)16-7-17-13/h2-3,5,7,10,14H,4,6H2,1H3,(H2,15,16,17,19). The molecule has 0 aliphatic carbocycles. The van der Waals surface area contributed by atoms with E-state index in [9.17, 15) is 0 Å². The molecule has 7 nitrogen and oxygen atoms in total. The molecular formula is C13H15N7. The largest absolute Gasteiger partial charge is 0.360 e. The molecule has 0 bridgehead atoms. The number of anilines is 1. The van der Waals surface area contributed by atoms with E-state index in [1.165, 1.54) is 11.3 Å². The molecule has 1 aliphatic heterocycles. The van der Waals surface area contributed by atoms with Gasteiger partial charge in [-0.3, -0.25) is 4.68 Å². The molecule has 3 N–H and O–H groups in total. The van der Waals surface area contributed by atoms with Crippen LogP contribution in [0.1, 0.15) is 17.3 Å². The Morgan fingerprint density at radius 3 is 3.30 bits per heavy atom. The quantitative estimate of drug-likeness (QED) is 0.645. The summed E-state index contributed by atoms with van der Waals surface area (Å²) in [5, 5.41) is 12.2. The van der Waals surface area contributed by atoms with E-state index in [2.05, 4.69) is 30.7 Å². The summed E-state index contributed by atoms with van der Waals surface area (Å²) < 4.78 is 1.93. The molecule has 1 aliphatic rings. The molecule has 1 atom stereocenters. The Bertz CT molecular complexity index is 757. The summed E-state index contributed by atoms with van der Waals surface area (Å²) in [6.07, 6.45) is 5.36. The number of aryl methyl sites for hydroxylation is 1. The van der Waals surface area contributed by atoms with Crippen molar-refractivity contribution in [1.82, 2.24) is 30.0 Å². The van der Waals surface area contributed by atoms with E-state index in [0.717, 1.165) is 29.9 Å². The second kappa shape index (κ2) is 4.31. The minimum absolute atomic E-state index is 0.152. The van der Waals surface area contributed by atoms with Crippen LogP contribution in [0.5, 0.6) is 0 Å². The van der Waals surface area contributed by atoms with Crippen molar-refractivity contribution < 1.29 is 0 Å². The monoisotopic (exact) mass is 269 g/mol. The summed E-state index contributed by atoms with van der Waals surface area (Å²) in [7, 11) is 1.98. The Morgan fingerprint density at radius 2 is 2.35 bits per heavy atom. The van der Waals surface area contributed by atoms with Gasteiger partial charge in [0, 0.05) is 31.9 Å². The van der Waals surface area contributed by atoms with Crippen molar-refractivity contribution in [2.45, 2.75) is 12.6 Å². The first-order valence-corrected chi connectivity index (χ1v) is 6.59. The molecule has 0 saturated carbocycles. The highest BCUT2D eigenvalue weighted by molar-refractivity contribution is 5.86. The lowest BCUT2D eigenvalue weighted by molar-refractivity contribution is 0.541. The molecule has 20 heavy (non-hydrogen) atoms. The van der Waals surface area contributed by atoms with E-state index in [4.69, 9.17) is 0 Å². The Balaban J connectivity index is 1.73. The van der Waals surface area contributed by atoms with Crippen molar-refractivity contribution in [2.24, 2.45) is 7.05 Å². The van der Waals surface area contributed by atoms with Gasteiger partial charge in [0.15, 0.2) is 0 Å². The number of H-pyrrole nitrogens is 1. The van der Waals surface area contributed by atoms with Crippen LogP contribution in [0.4, 0.5) is 5.82 Å². The van der Waals surface area contributed by atoms with Gasteiger partial charge in [0.25, 0.3) is 0 Å². The van der Waals surface area contributed by atoms with Gasteiger partial charge in [-0.1, -0.05) is 0 Å².